The van der Waals surface area contributed by atoms with E-state index < -0.39 is 0 Å². The standard InChI is InChI=1S/C16H30N2O2/c1-16(2,6-8-19)11-18-15(20)17-7-5-14-10-12-3-4-13(14)9-12/h12-14,19H,3-11H2,1-2H3,(H2,17,18,20). The van der Waals surface area contributed by atoms with Crippen LogP contribution >= 0.6 is 0 Å². The number of aliphatic hydroxyl groups is 1. The van der Waals surface area contributed by atoms with E-state index in [0.717, 1.165) is 30.7 Å². The quantitative estimate of drug-likeness (QED) is 0.672. The second-order valence-electron chi connectivity index (χ2n) is 7.47. The highest BCUT2D eigenvalue weighted by Crippen LogP contribution is 2.49. The fraction of sp³-hybridized carbons (Fsp3) is 0.938. The molecule has 0 saturated heterocycles. The van der Waals surface area contributed by atoms with Gasteiger partial charge in [0.1, 0.15) is 0 Å². The lowest BCUT2D eigenvalue weighted by Crippen LogP contribution is -2.41. The summed E-state index contributed by atoms with van der Waals surface area (Å²) in [6.07, 6.45) is 7.52. The minimum atomic E-state index is -0.0702. The number of nitrogens with one attached hydrogen (secondary N) is 2. The molecule has 0 radical (unpaired) electrons. The van der Waals surface area contributed by atoms with Gasteiger partial charge in [0.05, 0.1) is 0 Å². The molecule has 3 unspecified atom stereocenters. The summed E-state index contributed by atoms with van der Waals surface area (Å²) in [6, 6.07) is -0.0702. The van der Waals surface area contributed by atoms with E-state index in [-0.39, 0.29) is 18.1 Å². The van der Waals surface area contributed by atoms with Crippen molar-refractivity contribution in [1.29, 1.82) is 0 Å². The lowest BCUT2D eigenvalue weighted by atomic mass is 9.86. The number of hydrogen-bond donors (Lipinski definition) is 3. The Morgan fingerprint density at radius 3 is 2.65 bits per heavy atom. The van der Waals surface area contributed by atoms with Gasteiger partial charge in [0.15, 0.2) is 0 Å². The Bertz CT molecular complexity index is 330. The number of aliphatic hydroxyl groups excluding tert-OH is 1. The molecule has 2 bridgehead atoms. The van der Waals surface area contributed by atoms with Gasteiger partial charge in [-0.1, -0.05) is 20.3 Å². The zero-order chi connectivity index (χ0) is 14.6. The molecule has 3 N–H and O–H groups in total. The molecule has 4 nitrogen and oxygen atoms in total. The van der Waals surface area contributed by atoms with E-state index in [1.54, 1.807) is 0 Å². The molecule has 2 aliphatic rings. The summed E-state index contributed by atoms with van der Waals surface area (Å²) in [6.45, 7) is 5.67. The normalized spacial score (nSPS) is 28.6. The van der Waals surface area contributed by atoms with E-state index in [2.05, 4.69) is 24.5 Å². The van der Waals surface area contributed by atoms with Gasteiger partial charge in [-0.15, -0.1) is 0 Å². The van der Waals surface area contributed by atoms with E-state index in [1.807, 2.05) is 0 Å². The highest BCUT2D eigenvalue weighted by atomic mass is 16.3. The Morgan fingerprint density at radius 1 is 1.25 bits per heavy atom. The van der Waals surface area contributed by atoms with Crippen molar-refractivity contribution in [3.05, 3.63) is 0 Å². The van der Waals surface area contributed by atoms with Gasteiger partial charge < -0.3 is 15.7 Å². The number of rotatable bonds is 7. The molecule has 116 valence electrons. The molecule has 0 aromatic rings. The smallest absolute Gasteiger partial charge is 0.314 e. The lowest BCUT2D eigenvalue weighted by molar-refractivity contribution is 0.201. The molecule has 2 aliphatic carbocycles. The molecule has 0 spiro atoms. The van der Waals surface area contributed by atoms with Gasteiger partial charge in [-0.05, 0) is 55.3 Å². The highest BCUT2D eigenvalue weighted by Gasteiger charge is 2.38. The minimum Gasteiger partial charge on any atom is -0.396 e. The van der Waals surface area contributed by atoms with Crippen LogP contribution in [0.2, 0.25) is 0 Å². The first-order valence-corrected chi connectivity index (χ1v) is 8.13. The van der Waals surface area contributed by atoms with Crippen molar-refractivity contribution in [1.82, 2.24) is 10.6 Å². The maximum Gasteiger partial charge on any atom is 0.314 e. The van der Waals surface area contributed by atoms with Crippen LogP contribution in [-0.4, -0.2) is 30.8 Å². The predicted molar refractivity (Wildman–Crippen MR) is 80.4 cm³/mol. The van der Waals surface area contributed by atoms with Crippen LogP contribution < -0.4 is 10.6 Å². The highest BCUT2D eigenvalue weighted by molar-refractivity contribution is 5.73. The summed E-state index contributed by atoms with van der Waals surface area (Å²) in [4.78, 5) is 11.7. The minimum absolute atomic E-state index is 0.0449. The Balaban J connectivity index is 1.56. The summed E-state index contributed by atoms with van der Waals surface area (Å²) in [5.41, 5.74) is -0.0449. The third kappa shape index (κ3) is 4.37. The van der Waals surface area contributed by atoms with E-state index in [9.17, 15) is 4.79 Å². The molecule has 0 aliphatic heterocycles. The van der Waals surface area contributed by atoms with Crippen LogP contribution in [0.4, 0.5) is 4.79 Å². The second-order valence-corrected chi connectivity index (χ2v) is 7.47. The topological polar surface area (TPSA) is 61.4 Å². The van der Waals surface area contributed by atoms with Gasteiger partial charge in [0, 0.05) is 19.7 Å². The number of fused-ring (bicyclic) bond motifs is 2. The molecule has 2 saturated carbocycles. The maximum absolute atomic E-state index is 11.7. The van der Waals surface area contributed by atoms with E-state index >= 15 is 0 Å². The monoisotopic (exact) mass is 282 g/mol. The zero-order valence-corrected chi connectivity index (χ0v) is 13.0. The molecular formula is C16H30N2O2. The Kier molecular flexibility index (Phi) is 5.30. The van der Waals surface area contributed by atoms with Crippen molar-refractivity contribution < 1.29 is 9.90 Å². The van der Waals surface area contributed by atoms with Crippen LogP contribution in [0.25, 0.3) is 0 Å². The van der Waals surface area contributed by atoms with Crippen molar-refractivity contribution in [3.63, 3.8) is 0 Å². The second kappa shape index (κ2) is 6.79. The van der Waals surface area contributed by atoms with Crippen molar-refractivity contribution >= 4 is 6.03 Å². The van der Waals surface area contributed by atoms with Crippen LogP contribution in [-0.2, 0) is 0 Å². The predicted octanol–water partition coefficient (Wildman–Crippen LogP) is 2.52. The van der Waals surface area contributed by atoms with Gasteiger partial charge in [-0.3, -0.25) is 0 Å². The SMILES string of the molecule is CC(C)(CCO)CNC(=O)NCCC1CC2CCC1C2. The van der Waals surface area contributed by atoms with Gasteiger partial charge >= 0.3 is 6.03 Å². The molecule has 2 amide bonds. The third-order valence-electron chi connectivity index (χ3n) is 5.20. The Hall–Kier alpha value is -0.770. The number of hydrogen-bond acceptors (Lipinski definition) is 2. The number of urea groups is 1. The molecule has 2 rings (SSSR count). The Labute approximate surface area is 122 Å². The largest absolute Gasteiger partial charge is 0.396 e. The first kappa shape index (κ1) is 15.6. The van der Waals surface area contributed by atoms with Crippen molar-refractivity contribution in [2.24, 2.45) is 23.2 Å². The van der Waals surface area contributed by atoms with Crippen LogP contribution in [0.15, 0.2) is 0 Å². The molecule has 0 aromatic heterocycles. The fourth-order valence-corrected chi connectivity index (χ4v) is 3.87. The van der Waals surface area contributed by atoms with Crippen LogP contribution in [0.3, 0.4) is 0 Å². The summed E-state index contributed by atoms with van der Waals surface area (Å²) in [5, 5.41) is 14.8. The molecule has 4 heteroatoms. The molecule has 0 heterocycles. The van der Waals surface area contributed by atoms with Crippen molar-refractivity contribution in [2.45, 2.75) is 52.4 Å². The molecular weight excluding hydrogens is 252 g/mol. The number of carbonyl (C=O) groups is 1. The van der Waals surface area contributed by atoms with E-state index in [1.165, 1.54) is 25.7 Å². The number of carbonyl (C=O) groups excluding carboxylic acids is 1. The van der Waals surface area contributed by atoms with Crippen molar-refractivity contribution in [3.8, 4) is 0 Å². The maximum atomic E-state index is 11.7. The molecule has 0 aromatic carbocycles. The van der Waals surface area contributed by atoms with Gasteiger partial charge in [0.2, 0.25) is 0 Å². The molecule has 2 fully saturated rings. The summed E-state index contributed by atoms with van der Waals surface area (Å²) < 4.78 is 0. The number of amides is 2. The van der Waals surface area contributed by atoms with Crippen LogP contribution in [0, 0.1) is 23.2 Å². The summed E-state index contributed by atoms with van der Waals surface area (Å²) in [7, 11) is 0. The van der Waals surface area contributed by atoms with Gasteiger partial charge in [0.25, 0.3) is 0 Å². The summed E-state index contributed by atoms with van der Waals surface area (Å²) in [5.74, 6) is 2.77. The van der Waals surface area contributed by atoms with Crippen LogP contribution in [0.5, 0.6) is 0 Å². The first-order chi connectivity index (χ1) is 9.50. The lowest BCUT2D eigenvalue weighted by Gasteiger charge is -2.24. The van der Waals surface area contributed by atoms with Crippen molar-refractivity contribution in [2.75, 3.05) is 19.7 Å². The third-order valence-corrected chi connectivity index (χ3v) is 5.20. The molecule has 3 atom stereocenters. The fourth-order valence-electron chi connectivity index (χ4n) is 3.87. The van der Waals surface area contributed by atoms with Gasteiger partial charge in [-0.2, -0.15) is 0 Å². The van der Waals surface area contributed by atoms with E-state index in [4.69, 9.17) is 5.11 Å². The zero-order valence-electron chi connectivity index (χ0n) is 13.0. The van der Waals surface area contributed by atoms with E-state index in [0.29, 0.717) is 13.0 Å². The average molecular weight is 282 g/mol. The summed E-state index contributed by atoms with van der Waals surface area (Å²) >= 11 is 0. The Morgan fingerprint density at radius 2 is 2.05 bits per heavy atom. The first-order valence-electron chi connectivity index (χ1n) is 8.13. The molecule has 20 heavy (non-hydrogen) atoms. The van der Waals surface area contributed by atoms with Crippen LogP contribution in [0.1, 0.15) is 52.4 Å². The van der Waals surface area contributed by atoms with Gasteiger partial charge in [-0.25, -0.2) is 4.79 Å². The average Bonchev–Trinajstić information content (AvgIpc) is 2.99.